The summed E-state index contributed by atoms with van der Waals surface area (Å²) in [5.41, 5.74) is 5.29. The van der Waals surface area contributed by atoms with E-state index in [2.05, 4.69) is 39.7 Å². The number of hydrogen-bond donors (Lipinski definition) is 1. The van der Waals surface area contributed by atoms with Crippen molar-refractivity contribution in [3.63, 3.8) is 0 Å². The highest BCUT2D eigenvalue weighted by molar-refractivity contribution is 7.15. The van der Waals surface area contributed by atoms with E-state index in [1.807, 2.05) is 49.5 Å². The number of aryl methyl sites for hydroxylation is 1. The van der Waals surface area contributed by atoms with Gasteiger partial charge in [0.1, 0.15) is 5.82 Å². The Labute approximate surface area is 190 Å². The molecule has 0 saturated carbocycles. The van der Waals surface area contributed by atoms with Crippen molar-refractivity contribution in [2.75, 3.05) is 5.32 Å². The van der Waals surface area contributed by atoms with Crippen molar-refractivity contribution in [2.24, 2.45) is 0 Å². The minimum Gasteiger partial charge on any atom is -0.357 e. The van der Waals surface area contributed by atoms with E-state index >= 15 is 0 Å². The summed E-state index contributed by atoms with van der Waals surface area (Å²) < 4.78 is 16.6. The van der Waals surface area contributed by atoms with Gasteiger partial charge < -0.3 is 5.32 Å². The average Bonchev–Trinajstić information content (AvgIpc) is 3.44. The van der Waals surface area contributed by atoms with Crippen LogP contribution in [0.25, 0.3) is 28.1 Å². The van der Waals surface area contributed by atoms with Gasteiger partial charge in [-0.3, -0.25) is 0 Å². The van der Waals surface area contributed by atoms with E-state index in [1.165, 1.54) is 6.07 Å². The van der Waals surface area contributed by atoms with Crippen LogP contribution in [0.4, 0.5) is 9.52 Å². The fourth-order valence-corrected chi connectivity index (χ4v) is 4.34. The van der Waals surface area contributed by atoms with E-state index in [-0.39, 0.29) is 5.82 Å². The van der Waals surface area contributed by atoms with Crippen LogP contribution in [0.5, 0.6) is 0 Å². The lowest BCUT2D eigenvalue weighted by Gasteiger charge is -2.12. The lowest BCUT2D eigenvalue weighted by atomic mass is 10.0. The van der Waals surface area contributed by atoms with Crippen LogP contribution in [0.1, 0.15) is 10.4 Å². The van der Waals surface area contributed by atoms with E-state index in [1.54, 1.807) is 34.3 Å². The SMILES string of the molecule is Cc1cnc(NCc2cnn(-c3ccc(-c4ccccc4)cc3)c2-c2ccccc2F)s1. The van der Waals surface area contributed by atoms with Crippen LogP contribution < -0.4 is 5.32 Å². The second kappa shape index (κ2) is 8.77. The molecule has 32 heavy (non-hydrogen) atoms. The molecular weight excluding hydrogens is 419 g/mol. The first-order valence-electron chi connectivity index (χ1n) is 10.3. The van der Waals surface area contributed by atoms with E-state index in [9.17, 15) is 4.39 Å². The Kier molecular flexibility index (Phi) is 5.52. The number of benzene rings is 3. The number of nitrogens with zero attached hydrogens (tertiary/aromatic N) is 3. The number of halogens is 1. The Morgan fingerprint density at radius 3 is 2.31 bits per heavy atom. The average molecular weight is 441 g/mol. The van der Waals surface area contributed by atoms with Gasteiger partial charge in [0.25, 0.3) is 0 Å². The summed E-state index contributed by atoms with van der Waals surface area (Å²) in [6, 6.07) is 25.2. The zero-order chi connectivity index (χ0) is 21.9. The zero-order valence-corrected chi connectivity index (χ0v) is 18.3. The second-order valence-corrected chi connectivity index (χ2v) is 8.69. The minimum atomic E-state index is -0.276. The van der Waals surface area contributed by atoms with Gasteiger partial charge >= 0.3 is 0 Å². The number of rotatable bonds is 6. The Hall–Kier alpha value is -3.77. The molecular formula is C26H21FN4S. The second-order valence-electron chi connectivity index (χ2n) is 7.45. The molecule has 2 aromatic heterocycles. The van der Waals surface area contributed by atoms with Crippen molar-refractivity contribution in [2.45, 2.75) is 13.5 Å². The highest BCUT2D eigenvalue weighted by Crippen LogP contribution is 2.31. The predicted molar refractivity (Wildman–Crippen MR) is 129 cm³/mol. The molecule has 0 aliphatic rings. The molecule has 0 bridgehead atoms. The fourth-order valence-electron chi connectivity index (χ4n) is 3.68. The summed E-state index contributed by atoms with van der Waals surface area (Å²) in [5, 5.41) is 8.79. The van der Waals surface area contributed by atoms with E-state index in [0.717, 1.165) is 38.1 Å². The third-order valence-electron chi connectivity index (χ3n) is 5.24. The molecule has 2 heterocycles. The third-order valence-corrected chi connectivity index (χ3v) is 6.11. The van der Waals surface area contributed by atoms with Gasteiger partial charge in [0.2, 0.25) is 0 Å². The summed E-state index contributed by atoms with van der Waals surface area (Å²) in [6.07, 6.45) is 3.63. The number of thiazole rings is 1. The molecule has 0 aliphatic heterocycles. The number of aromatic nitrogens is 3. The van der Waals surface area contributed by atoms with Gasteiger partial charge in [-0.1, -0.05) is 54.6 Å². The van der Waals surface area contributed by atoms with Crippen LogP contribution in [0, 0.1) is 12.7 Å². The van der Waals surface area contributed by atoms with Gasteiger partial charge in [-0.2, -0.15) is 5.10 Å². The molecule has 158 valence electrons. The van der Waals surface area contributed by atoms with E-state index in [4.69, 9.17) is 0 Å². The Morgan fingerprint density at radius 1 is 0.875 bits per heavy atom. The van der Waals surface area contributed by atoms with Crippen molar-refractivity contribution < 1.29 is 4.39 Å². The highest BCUT2D eigenvalue weighted by atomic mass is 32.1. The lowest BCUT2D eigenvalue weighted by Crippen LogP contribution is -2.04. The Morgan fingerprint density at radius 2 is 1.59 bits per heavy atom. The van der Waals surface area contributed by atoms with Crippen molar-refractivity contribution in [1.29, 1.82) is 0 Å². The molecule has 0 unspecified atom stereocenters. The van der Waals surface area contributed by atoms with Crippen LogP contribution in [0.15, 0.2) is 91.3 Å². The minimum absolute atomic E-state index is 0.276. The molecule has 3 aromatic carbocycles. The first kappa shape index (κ1) is 20.2. The van der Waals surface area contributed by atoms with Crippen LogP contribution >= 0.6 is 11.3 Å². The van der Waals surface area contributed by atoms with Gasteiger partial charge in [-0.15, -0.1) is 11.3 Å². The summed E-state index contributed by atoms with van der Waals surface area (Å²) in [6.45, 7) is 2.52. The van der Waals surface area contributed by atoms with Crippen molar-refractivity contribution in [3.05, 3.63) is 108 Å². The van der Waals surface area contributed by atoms with Gasteiger partial charge in [0.05, 0.1) is 17.6 Å². The van der Waals surface area contributed by atoms with Crippen LogP contribution in [0.3, 0.4) is 0 Å². The fraction of sp³-hybridized carbons (Fsp3) is 0.0769. The molecule has 1 N–H and O–H groups in total. The molecule has 5 aromatic rings. The van der Waals surface area contributed by atoms with Crippen LogP contribution in [-0.4, -0.2) is 14.8 Å². The molecule has 0 spiro atoms. The third kappa shape index (κ3) is 4.05. The molecule has 0 aliphatic carbocycles. The maximum absolute atomic E-state index is 14.8. The van der Waals surface area contributed by atoms with Crippen molar-refractivity contribution in [1.82, 2.24) is 14.8 Å². The highest BCUT2D eigenvalue weighted by Gasteiger charge is 2.18. The smallest absolute Gasteiger partial charge is 0.183 e. The van der Waals surface area contributed by atoms with Crippen molar-refractivity contribution in [3.8, 4) is 28.1 Å². The summed E-state index contributed by atoms with van der Waals surface area (Å²) in [5.74, 6) is -0.276. The van der Waals surface area contributed by atoms with Crippen molar-refractivity contribution >= 4 is 16.5 Å². The molecule has 0 radical (unpaired) electrons. The summed E-state index contributed by atoms with van der Waals surface area (Å²) in [4.78, 5) is 5.50. The molecule has 0 saturated heterocycles. The van der Waals surface area contributed by atoms with E-state index < -0.39 is 0 Å². The van der Waals surface area contributed by atoms with E-state index in [0.29, 0.717) is 12.1 Å². The predicted octanol–water partition coefficient (Wildman–Crippen LogP) is 6.72. The molecule has 0 fully saturated rings. The number of anilines is 1. The van der Waals surface area contributed by atoms with Gasteiger partial charge in [0.15, 0.2) is 5.13 Å². The summed E-state index contributed by atoms with van der Waals surface area (Å²) >= 11 is 1.59. The van der Waals surface area contributed by atoms with Crippen LogP contribution in [-0.2, 0) is 6.54 Å². The van der Waals surface area contributed by atoms with Gasteiger partial charge in [-0.25, -0.2) is 14.1 Å². The number of nitrogens with one attached hydrogen (secondary N) is 1. The first-order valence-corrected chi connectivity index (χ1v) is 11.1. The van der Waals surface area contributed by atoms with Crippen LogP contribution in [0.2, 0.25) is 0 Å². The molecule has 5 rings (SSSR count). The topological polar surface area (TPSA) is 42.7 Å². The quantitative estimate of drug-likeness (QED) is 0.319. The van der Waals surface area contributed by atoms with Gasteiger partial charge in [0, 0.05) is 28.7 Å². The van der Waals surface area contributed by atoms with Gasteiger partial charge in [-0.05, 0) is 42.3 Å². The zero-order valence-electron chi connectivity index (χ0n) is 17.5. The normalized spacial score (nSPS) is 10.9. The summed E-state index contributed by atoms with van der Waals surface area (Å²) in [7, 11) is 0. The molecule has 0 amide bonds. The lowest BCUT2D eigenvalue weighted by molar-refractivity contribution is 0.629. The Balaban J connectivity index is 1.53. The Bertz CT molecular complexity index is 1340. The maximum atomic E-state index is 14.8. The standard InChI is InChI=1S/C26H21FN4S/c1-18-15-28-26(32-18)29-16-21-17-30-31(25(21)23-9-5-6-10-24(23)27)22-13-11-20(12-14-22)19-7-3-2-4-8-19/h2-15,17H,16H2,1H3,(H,28,29). The molecule has 6 heteroatoms. The maximum Gasteiger partial charge on any atom is 0.183 e. The first-order chi connectivity index (χ1) is 15.7. The molecule has 0 atom stereocenters. The largest absolute Gasteiger partial charge is 0.357 e. The monoisotopic (exact) mass is 440 g/mol. The molecule has 4 nitrogen and oxygen atoms in total. The number of hydrogen-bond acceptors (Lipinski definition) is 4.